The van der Waals surface area contributed by atoms with Gasteiger partial charge >= 0.3 is 37.7 Å². The van der Waals surface area contributed by atoms with Crippen molar-refractivity contribution in [2.75, 3.05) is 5.32 Å². The summed E-state index contributed by atoms with van der Waals surface area (Å²) in [7, 11) is 0. The fourth-order valence-corrected chi connectivity index (χ4v) is 0.985. The quantitative estimate of drug-likeness (QED) is 0.615. The molecule has 5 N–H and O–H groups in total. The number of benzene rings is 1. The number of aromatic hydroxyl groups is 1. The number of nitrogens with one attached hydrogen (secondary N) is 1. The van der Waals surface area contributed by atoms with Gasteiger partial charge in [0.05, 0.1) is 5.97 Å². The molecule has 17 heavy (non-hydrogen) atoms. The molecule has 0 spiro atoms. The topological polar surface area (TPSA) is 151 Å². The third-order valence-corrected chi connectivity index (χ3v) is 1.54. The molecule has 0 aliphatic heterocycles. The molecule has 1 aromatic carbocycles. The summed E-state index contributed by atoms with van der Waals surface area (Å²) in [4.78, 5) is 21.0. The van der Waals surface area contributed by atoms with Crippen molar-refractivity contribution in [2.45, 2.75) is 6.92 Å². The number of carbonyl (C=O) groups excluding carboxylic acids is 2. The molecular formula is C9H11CaNO6. The van der Waals surface area contributed by atoms with E-state index in [9.17, 15) is 19.8 Å². The van der Waals surface area contributed by atoms with E-state index < -0.39 is 11.7 Å². The molecule has 1 aromatic rings. The number of aromatic carboxylic acids is 1. The van der Waals surface area contributed by atoms with E-state index in [0.29, 0.717) is 5.69 Å². The van der Waals surface area contributed by atoms with Crippen LogP contribution in [0.5, 0.6) is 5.75 Å². The Kier molecular flexibility index (Phi) is 11.6. The van der Waals surface area contributed by atoms with Crippen molar-refractivity contribution in [1.29, 1.82) is 0 Å². The maximum atomic E-state index is 10.6. The van der Waals surface area contributed by atoms with Crippen molar-refractivity contribution >= 4 is 55.3 Å². The molecule has 0 aliphatic carbocycles. The van der Waals surface area contributed by atoms with Gasteiger partial charge in [0.15, 0.2) is 0 Å². The number of anilines is 1. The van der Waals surface area contributed by atoms with Crippen molar-refractivity contribution in [2.24, 2.45) is 0 Å². The molecule has 0 unspecified atom stereocenters. The minimum absolute atomic E-state index is 0. The molecule has 0 bridgehead atoms. The van der Waals surface area contributed by atoms with Crippen LogP contribution in [0, 0.1) is 0 Å². The number of phenols is 1. The van der Waals surface area contributed by atoms with Gasteiger partial charge in [0, 0.05) is 24.2 Å². The Labute approximate surface area is 127 Å². The molecule has 0 aliphatic rings. The average Bonchev–Trinajstić information content (AvgIpc) is 2.01. The number of rotatable bonds is 2. The van der Waals surface area contributed by atoms with Crippen LogP contribution in [-0.2, 0) is 4.79 Å². The molecule has 0 saturated heterocycles. The van der Waals surface area contributed by atoms with Crippen LogP contribution in [0.25, 0.3) is 0 Å². The molecule has 1 rings (SSSR count). The molecule has 0 heterocycles. The van der Waals surface area contributed by atoms with Crippen LogP contribution in [0.1, 0.15) is 17.3 Å². The van der Waals surface area contributed by atoms with Gasteiger partial charge in [-0.25, -0.2) is 0 Å². The SMILES string of the molecule is CC(=O)Nc1ccc(C(=O)[O-])c(O)c1.O.[Ca+2].[OH-]. The zero-order valence-electron chi connectivity index (χ0n) is 9.06. The summed E-state index contributed by atoms with van der Waals surface area (Å²) >= 11 is 0. The zero-order chi connectivity index (χ0) is 10.7. The summed E-state index contributed by atoms with van der Waals surface area (Å²) in [6.07, 6.45) is 0. The van der Waals surface area contributed by atoms with Gasteiger partial charge in [0.2, 0.25) is 5.91 Å². The van der Waals surface area contributed by atoms with Crippen molar-refractivity contribution < 1.29 is 30.8 Å². The van der Waals surface area contributed by atoms with Gasteiger partial charge in [-0.1, -0.05) is 0 Å². The average molecular weight is 269 g/mol. The molecule has 0 fully saturated rings. The predicted molar refractivity (Wildman–Crippen MR) is 58.0 cm³/mol. The van der Waals surface area contributed by atoms with Gasteiger partial charge < -0.3 is 31.3 Å². The van der Waals surface area contributed by atoms with Crippen LogP contribution in [0.2, 0.25) is 0 Å². The van der Waals surface area contributed by atoms with Crippen LogP contribution in [0.4, 0.5) is 5.69 Å². The third kappa shape index (κ3) is 6.44. The van der Waals surface area contributed by atoms with E-state index in [1.165, 1.54) is 13.0 Å². The zero-order valence-corrected chi connectivity index (χ0v) is 11.3. The van der Waals surface area contributed by atoms with E-state index in [1.807, 2.05) is 0 Å². The molecular weight excluding hydrogens is 258 g/mol. The van der Waals surface area contributed by atoms with Gasteiger partial charge in [0.1, 0.15) is 5.75 Å². The second-order valence-corrected chi connectivity index (χ2v) is 2.70. The smallest absolute Gasteiger partial charge is 0.870 e. The molecule has 1 amide bonds. The Bertz CT molecular complexity index is 395. The van der Waals surface area contributed by atoms with E-state index in [-0.39, 0.29) is 60.2 Å². The Hall–Kier alpha value is -0.860. The molecule has 0 atom stereocenters. The molecule has 7 nitrogen and oxygen atoms in total. The summed E-state index contributed by atoms with van der Waals surface area (Å²) in [5, 5.41) is 22.0. The number of carbonyl (C=O) groups is 2. The van der Waals surface area contributed by atoms with Crippen LogP contribution >= 0.6 is 0 Å². The Morgan fingerprint density at radius 3 is 2.24 bits per heavy atom. The van der Waals surface area contributed by atoms with Crippen molar-refractivity contribution in [3.8, 4) is 5.75 Å². The molecule has 0 radical (unpaired) electrons. The fourth-order valence-electron chi connectivity index (χ4n) is 0.985. The number of amides is 1. The van der Waals surface area contributed by atoms with E-state index in [1.54, 1.807) is 0 Å². The largest absolute Gasteiger partial charge is 2.00 e. The molecule has 90 valence electrons. The van der Waals surface area contributed by atoms with Crippen LogP contribution in [0.3, 0.4) is 0 Å². The standard InChI is InChI=1S/C9H9NO4.Ca.2H2O/c1-5(11)10-6-2-3-7(9(13)14)8(12)4-6;;;/h2-4,12H,1H3,(H,10,11)(H,13,14);;2*1H2/q;+2;;/p-2. The Morgan fingerprint density at radius 1 is 1.35 bits per heavy atom. The van der Waals surface area contributed by atoms with Crippen molar-refractivity contribution in [1.82, 2.24) is 0 Å². The molecule has 0 aromatic heterocycles. The summed E-state index contributed by atoms with van der Waals surface area (Å²) in [5.41, 5.74) is 0.0269. The van der Waals surface area contributed by atoms with Crippen molar-refractivity contribution in [3.63, 3.8) is 0 Å². The fraction of sp³-hybridized carbons (Fsp3) is 0.111. The van der Waals surface area contributed by atoms with Gasteiger partial charge in [0.25, 0.3) is 0 Å². The predicted octanol–water partition coefficient (Wildman–Crippen LogP) is -1.67. The summed E-state index contributed by atoms with van der Waals surface area (Å²) < 4.78 is 0. The second kappa shape index (κ2) is 9.20. The van der Waals surface area contributed by atoms with Gasteiger partial charge in [-0.3, -0.25) is 4.79 Å². The minimum atomic E-state index is -1.46. The van der Waals surface area contributed by atoms with Gasteiger partial charge in [-0.2, -0.15) is 0 Å². The van der Waals surface area contributed by atoms with E-state index in [2.05, 4.69) is 5.32 Å². The first-order valence-electron chi connectivity index (χ1n) is 3.82. The molecule has 8 heteroatoms. The summed E-state index contributed by atoms with van der Waals surface area (Å²) in [5.74, 6) is -2.20. The molecule has 0 saturated carbocycles. The first-order chi connectivity index (χ1) is 6.50. The van der Waals surface area contributed by atoms with Crippen LogP contribution in [-0.4, -0.2) is 65.7 Å². The maximum absolute atomic E-state index is 10.6. The monoisotopic (exact) mass is 269 g/mol. The number of hydrogen-bond acceptors (Lipinski definition) is 5. The number of carboxylic acid groups (broad SMARTS) is 1. The number of hydrogen-bond donors (Lipinski definition) is 2. The van der Waals surface area contributed by atoms with Gasteiger partial charge in [-0.05, 0) is 12.1 Å². The van der Waals surface area contributed by atoms with E-state index in [0.717, 1.165) is 12.1 Å². The Balaban J connectivity index is -0.000000653. The second-order valence-electron chi connectivity index (χ2n) is 2.70. The first-order valence-corrected chi connectivity index (χ1v) is 3.82. The number of carboxylic acids is 1. The van der Waals surface area contributed by atoms with Gasteiger partial charge in [-0.15, -0.1) is 0 Å². The first kappa shape index (κ1) is 21.4. The van der Waals surface area contributed by atoms with Crippen LogP contribution < -0.4 is 10.4 Å². The van der Waals surface area contributed by atoms with E-state index >= 15 is 0 Å². The normalized spacial score (nSPS) is 7.82. The minimum Gasteiger partial charge on any atom is -0.870 e. The van der Waals surface area contributed by atoms with Crippen molar-refractivity contribution in [3.05, 3.63) is 23.8 Å². The maximum Gasteiger partial charge on any atom is 2.00 e. The summed E-state index contributed by atoms with van der Waals surface area (Å²) in [6, 6.07) is 3.68. The Morgan fingerprint density at radius 2 is 1.88 bits per heavy atom. The van der Waals surface area contributed by atoms with Crippen LogP contribution in [0.15, 0.2) is 18.2 Å². The van der Waals surface area contributed by atoms with E-state index in [4.69, 9.17) is 0 Å². The summed E-state index contributed by atoms with van der Waals surface area (Å²) in [6.45, 7) is 1.31. The third-order valence-electron chi connectivity index (χ3n) is 1.54.